The predicted octanol–water partition coefficient (Wildman–Crippen LogP) is 5.13. The molecule has 0 fully saturated rings. The molecule has 0 bridgehead atoms. The molecule has 0 aromatic heterocycles. The summed E-state index contributed by atoms with van der Waals surface area (Å²) >= 11 is 0. The van der Waals surface area contributed by atoms with E-state index in [1.165, 1.54) is 64.2 Å². The van der Waals surface area contributed by atoms with Gasteiger partial charge in [-0.05, 0) is 6.42 Å². The van der Waals surface area contributed by atoms with Crippen LogP contribution in [0.1, 0.15) is 71.1 Å². The van der Waals surface area contributed by atoms with Gasteiger partial charge in [-0.15, -0.1) is 6.58 Å². The molecule has 114 valence electrons. The van der Waals surface area contributed by atoms with Gasteiger partial charge in [-0.25, -0.2) is 0 Å². The van der Waals surface area contributed by atoms with Gasteiger partial charge in [0, 0.05) is 6.61 Å². The van der Waals surface area contributed by atoms with E-state index < -0.39 is 0 Å². The molecule has 0 radical (unpaired) electrons. The molecule has 0 unspecified atom stereocenters. The lowest BCUT2D eigenvalue weighted by Gasteiger charge is -2.04. The van der Waals surface area contributed by atoms with Crippen molar-refractivity contribution in [2.24, 2.45) is 0 Å². The topological polar surface area (TPSA) is 18.5 Å². The normalized spacial score (nSPS) is 10.8. The van der Waals surface area contributed by atoms with Crippen molar-refractivity contribution in [3.05, 3.63) is 12.7 Å². The molecule has 0 aliphatic rings. The molecular formula is C17H34O2. The molecule has 0 aliphatic carbocycles. The zero-order valence-electron chi connectivity index (χ0n) is 13.0. The molecule has 0 saturated carbocycles. The highest BCUT2D eigenvalue weighted by atomic mass is 16.5. The summed E-state index contributed by atoms with van der Waals surface area (Å²) in [6, 6.07) is 0. The molecule has 0 aliphatic heterocycles. The highest BCUT2D eigenvalue weighted by Crippen LogP contribution is 2.10. The van der Waals surface area contributed by atoms with Crippen LogP contribution in [0.15, 0.2) is 12.7 Å². The maximum absolute atomic E-state index is 5.49. The van der Waals surface area contributed by atoms with E-state index in [0.29, 0.717) is 19.8 Å². The van der Waals surface area contributed by atoms with Crippen LogP contribution in [0.3, 0.4) is 0 Å². The fraction of sp³-hybridized carbons (Fsp3) is 0.882. The van der Waals surface area contributed by atoms with Crippen LogP contribution in [-0.2, 0) is 9.47 Å². The third-order valence-corrected chi connectivity index (χ3v) is 3.25. The SMILES string of the molecule is C=CCOCCOCCCCCCCCCCCC. The Kier molecular flexibility index (Phi) is 17.3. The summed E-state index contributed by atoms with van der Waals surface area (Å²) < 4.78 is 10.7. The van der Waals surface area contributed by atoms with Crippen LogP contribution in [0.4, 0.5) is 0 Å². The Bertz CT molecular complexity index is 169. The molecule has 0 saturated heterocycles. The fourth-order valence-electron chi connectivity index (χ4n) is 2.08. The maximum Gasteiger partial charge on any atom is 0.0704 e. The highest BCUT2D eigenvalue weighted by molar-refractivity contribution is 4.63. The zero-order valence-corrected chi connectivity index (χ0v) is 13.0. The van der Waals surface area contributed by atoms with Crippen LogP contribution in [0.25, 0.3) is 0 Å². The van der Waals surface area contributed by atoms with Crippen LogP contribution in [0.5, 0.6) is 0 Å². The third-order valence-electron chi connectivity index (χ3n) is 3.25. The summed E-state index contributed by atoms with van der Waals surface area (Å²) in [6.07, 6.45) is 15.5. The summed E-state index contributed by atoms with van der Waals surface area (Å²) in [5.74, 6) is 0. The average Bonchev–Trinajstić information content (AvgIpc) is 2.43. The van der Waals surface area contributed by atoms with Crippen LogP contribution in [-0.4, -0.2) is 26.4 Å². The summed E-state index contributed by atoms with van der Waals surface area (Å²) in [5, 5.41) is 0. The first-order valence-corrected chi connectivity index (χ1v) is 8.18. The van der Waals surface area contributed by atoms with Gasteiger partial charge in [-0.3, -0.25) is 0 Å². The van der Waals surface area contributed by atoms with Gasteiger partial charge in [-0.1, -0.05) is 70.8 Å². The number of hydrogen-bond donors (Lipinski definition) is 0. The first-order chi connectivity index (χ1) is 9.41. The Balaban J connectivity index is 2.89. The quantitative estimate of drug-likeness (QED) is 0.286. The van der Waals surface area contributed by atoms with Crippen LogP contribution < -0.4 is 0 Å². The molecule has 0 N–H and O–H groups in total. The summed E-state index contributed by atoms with van der Waals surface area (Å²) in [6.45, 7) is 8.78. The lowest BCUT2D eigenvalue weighted by Crippen LogP contribution is -2.05. The second-order valence-corrected chi connectivity index (χ2v) is 5.16. The van der Waals surface area contributed by atoms with E-state index in [2.05, 4.69) is 13.5 Å². The fourth-order valence-corrected chi connectivity index (χ4v) is 2.08. The van der Waals surface area contributed by atoms with Gasteiger partial charge in [0.25, 0.3) is 0 Å². The van der Waals surface area contributed by atoms with Crippen LogP contribution in [0.2, 0.25) is 0 Å². The van der Waals surface area contributed by atoms with E-state index in [0.717, 1.165) is 6.61 Å². The van der Waals surface area contributed by atoms with Crippen molar-refractivity contribution >= 4 is 0 Å². The highest BCUT2D eigenvalue weighted by Gasteiger charge is 1.93. The smallest absolute Gasteiger partial charge is 0.0704 e. The van der Waals surface area contributed by atoms with Gasteiger partial charge in [0.2, 0.25) is 0 Å². The van der Waals surface area contributed by atoms with E-state index in [4.69, 9.17) is 9.47 Å². The number of hydrogen-bond acceptors (Lipinski definition) is 2. The third kappa shape index (κ3) is 17.7. The lowest BCUT2D eigenvalue weighted by molar-refractivity contribution is 0.0567. The van der Waals surface area contributed by atoms with E-state index >= 15 is 0 Å². The van der Waals surface area contributed by atoms with Gasteiger partial charge >= 0.3 is 0 Å². The molecule has 0 atom stereocenters. The second kappa shape index (κ2) is 17.7. The zero-order chi connectivity index (χ0) is 14.0. The van der Waals surface area contributed by atoms with Crippen molar-refractivity contribution in [3.8, 4) is 0 Å². The molecule has 2 heteroatoms. The van der Waals surface area contributed by atoms with E-state index in [1.807, 2.05) is 0 Å². The molecule has 19 heavy (non-hydrogen) atoms. The van der Waals surface area contributed by atoms with Crippen molar-refractivity contribution in [2.75, 3.05) is 26.4 Å². The number of ether oxygens (including phenoxy) is 2. The Hall–Kier alpha value is -0.340. The van der Waals surface area contributed by atoms with Gasteiger partial charge < -0.3 is 9.47 Å². The monoisotopic (exact) mass is 270 g/mol. The Morgan fingerprint density at radius 2 is 1.21 bits per heavy atom. The minimum atomic E-state index is 0.627. The molecule has 0 spiro atoms. The second-order valence-electron chi connectivity index (χ2n) is 5.16. The molecule has 0 aromatic carbocycles. The standard InChI is InChI=1S/C17H34O2/c1-3-5-6-7-8-9-10-11-12-13-15-19-17-16-18-14-4-2/h4H,2-3,5-17H2,1H3. The van der Waals surface area contributed by atoms with Crippen molar-refractivity contribution < 1.29 is 9.47 Å². The largest absolute Gasteiger partial charge is 0.379 e. The Morgan fingerprint density at radius 3 is 1.79 bits per heavy atom. The van der Waals surface area contributed by atoms with Crippen molar-refractivity contribution in [2.45, 2.75) is 71.1 Å². The van der Waals surface area contributed by atoms with Crippen molar-refractivity contribution in [1.29, 1.82) is 0 Å². The van der Waals surface area contributed by atoms with Crippen molar-refractivity contribution in [1.82, 2.24) is 0 Å². The van der Waals surface area contributed by atoms with E-state index in [1.54, 1.807) is 6.08 Å². The minimum Gasteiger partial charge on any atom is -0.379 e. The Labute approximate surface area is 120 Å². The first kappa shape index (κ1) is 18.7. The molecule has 0 aromatic rings. The van der Waals surface area contributed by atoms with E-state index in [9.17, 15) is 0 Å². The summed E-state index contributed by atoms with van der Waals surface area (Å²) in [5.41, 5.74) is 0. The summed E-state index contributed by atoms with van der Waals surface area (Å²) in [4.78, 5) is 0. The van der Waals surface area contributed by atoms with Gasteiger partial charge in [0.15, 0.2) is 0 Å². The molecule has 0 rings (SSSR count). The predicted molar refractivity (Wildman–Crippen MR) is 83.7 cm³/mol. The van der Waals surface area contributed by atoms with E-state index in [-0.39, 0.29) is 0 Å². The molecular weight excluding hydrogens is 236 g/mol. The molecule has 2 nitrogen and oxygen atoms in total. The first-order valence-electron chi connectivity index (χ1n) is 8.18. The molecule has 0 heterocycles. The average molecular weight is 270 g/mol. The maximum atomic E-state index is 5.49. The number of unbranched alkanes of at least 4 members (excludes halogenated alkanes) is 9. The van der Waals surface area contributed by atoms with Crippen LogP contribution >= 0.6 is 0 Å². The van der Waals surface area contributed by atoms with Crippen molar-refractivity contribution in [3.63, 3.8) is 0 Å². The summed E-state index contributed by atoms with van der Waals surface area (Å²) in [7, 11) is 0. The minimum absolute atomic E-state index is 0.627. The lowest BCUT2D eigenvalue weighted by atomic mass is 10.1. The Morgan fingerprint density at radius 1 is 0.684 bits per heavy atom. The number of rotatable bonds is 16. The van der Waals surface area contributed by atoms with Gasteiger partial charge in [0.05, 0.1) is 19.8 Å². The molecule has 0 amide bonds. The van der Waals surface area contributed by atoms with Crippen LogP contribution in [0, 0.1) is 0 Å². The van der Waals surface area contributed by atoms with Gasteiger partial charge in [0.1, 0.15) is 0 Å². The van der Waals surface area contributed by atoms with Gasteiger partial charge in [-0.2, -0.15) is 0 Å².